The first-order valence-corrected chi connectivity index (χ1v) is 8.55. The molecule has 0 radical (unpaired) electrons. The number of carbonyl (C=O) groups is 1. The van der Waals surface area contributed by atoms with E-state index >= 15 is 0 Å². The number of piperidine rings is 1. The molecular weight excluding hydrogens is 321 g/mol. The van der Waals surface area contributed by atoms with Crippen LogP contribution in [-0.4, -0.2) is 37.1 Å². The number of likely N-dealkylation sites (tertiary alicyclic amines) is 1. The molecule has 1 atom stereocenters. The monoisotopic (exact) mass is 341 g/mol. The molecule has 2 aromatic heterocycles. The van der Waals surface area contributed by atoms with Crippen molar-refractivity contribution in [1.29, 1.82) is 0 Å². The molecule has 0 aliphatic carbocycles. The Balaban J connectivity index is 1.61. The van der Waals surface area contributed by atoms with Gasteiger partial charge in [-0.05, 0) is 50.5 Å². The molecule has 1 fully saturated rings. The number of carbonyl (C=O) groups excluding carboxylic acids is 1. The van der Waals surface area contributed by atoms with Crippen molar-refractivity contribution in [2.75, 3.05) is 6.54 Å². The van der Waals surface area contributed by atoms with Crippen molar-refractivity contribution in [2.24, 2.45) is 0 Å². The smallest absolute Gasteiger partial charge is 0.244 e. The largest absolute Gasteiger partial charge is 0.340 e. The van der Waals surface area contributed by atoms with Gasteiger partial charge in [0.25, 0.3) is 0 Å². The van der Waals surface area contributed by atoms with Crippen LogP contribution in [0.4, 0.5) is 4.39 Å². The molecule has 1 N–H and O–H groups in total. The molecule has 130 valence electrons. The molecular formula is C18H20FN5O. The average molecular weight is 341 g/mol. The van der Waals surface area contributed by atoms with E-state index in [1.165, 1.54) is 12.1 Å². The van der Waals surface area contributed by atoms with Crippen LogP contribution in [-0.2, 0) is 11.3 Å². The highest BCUT2D eigenvalue weighted by Gasteiger charge is 2.30. The maximum Gasteiger partial charge on any atom is 0.244 e. The van der Waals surface area contributed by atoms with Gasteiger partial charge in [-0.15, -0.1) is 0 Å². The van der Waals surface area contributed by atoms with Crippen LogP contribution in [0.5, 0.6) is 0 Å². The van der Waals surface area contributed by atoms with E-state index in [-0.39, 0.29) is 24.3 Å². The Kier molecular flexibility index (Phi) is 3.99. The van der Waals surface area contributed by atoms with Crippen LogP contribution in [0.3, 0.4) is 0 Å². The second-order valence-corrected chi connectivity index (χ2v) is 6.51. The van der Waals surface area contributed by atoms with Crippen molar-refractivity contribution in [3.8, 4) is 0 Å². The first kappa shape index (κ1) is 15.8. The summed E-state index contributed by atoms with van der Waals surface area (Å²) in [6.07, 6.45) is 4.58. The van der Waals surface area contributed by atoms with Gasteiger partial charge in [0.2, 0.25) is 5.91 Å². The predicted molar refractivity (Wildman–Crippen MR) is 91.3 cm³/mol. The summed E-state index contributed by atoms with van der Waals surface area (Å²) >= 11 is 0. The van der Waals surface area contributed by atoms with Crippen molar-refractivity contribution in [3.63, 3.8) is 0 Å². The van der Waals surface area contributed by atoms with Gasteiger partial charge in [0, 0.05) is 18.4 Å². The van der Waals surface area contributed by atoms with E-state index in [0.717, 1.165) is 36.3 Å². The van der Waals surface area contributed by atoms with Crippen LogP contribution in [0.15, 0.2) is 30.5 Å². The molecule has 0 saturated carbocycles. The molecule has 3 heterocycles. The van der Waals surface area contributed by atoms with E-state index in [2.05, 4.69) is 15.1 Å². The second-order valence-electron chi connectivity index (χ2n) is 6.51. The van der Waals surface area contributed by atoms with Crippen LogP contribution < -0.4 is 0 Å². The lowest BCUT2D eigenvalue weighted by Gasteiger charge is -2.34. The Bertz CT molecular complexity index is 915. The number of fused-ring (bicyclic) bond motifs is 1. The van der Waals surface area contributed by atoms with Crippen molar-refractivity contribution >= 4 is 16.9 Å². The number of halogens is 1. The predicted octanol–water partition coefficient (Wildman–Crippen LogP) is 2.96. The first-order chi connectivity index (χ1) is 12.1. The van der Waals surface area contributed by atoms with Crippen LogP contribution >= 0.6 is 0 Å². The van der Waals surface area contributed by atoms with Gasteiger partial charge in [-0.2, -0.15) is 5.10 Å². The Morgan fingerprint density at radius 3 is 3.04 bits per heavy atom. The zero-order chi connectivity index (χ0) is 17.4. The van der Waals surface area contributed by atoms with Gasteiger partial charge in [0.15, 0.2) is 0 Å². The van der Waals surface area contributed by atoms with E-state index < -0.39 is 0 Å². The zero-order valence-electron chi connectivity index (χ0n) is 14.1. The lowest BCUT2D eigenvalue weighted by Crippen LogP contribution is -2.41. The van der Waals surface area contributed by atoms with Gasteiger partial charge < -0.3 is 9.88 Å². The molecule has 1 amide bonds. The minimum Gasteiger partial charge on any atom is -0.340 e. The van der Waals surface area contributed by atoms with Crippen molar-refractivity contribution in [2.45, 2.75) is 38.8 Å². The van der Waals surface area contributed by atoms with Gasteiger partial charge in [0.05, 0.1) is 17.1 Å². The van der Waals surface area contributed by atoms with Gasteiger partial charge in [-0.25, -0.2) is 9.37 Å². The topological polar surface area (TPSA) is 66.8 Å². The molecule has 1 aromatic carbocycles. The Hall–Kier alpha value is -2.70. The summed E-state index contributed by atoms with van der Waals surface area (Å²) in [5.41, 5.74) is 2.34. The molecule has 1 aliphatic heterocycles. The van der Waals surface area contributed by atoms with Crippen molar-refractivity contribution in [3.05, 3.63) is 47.8 Å². The number of rotatable bonds is 3. The normalized spacial score (nSPS) is 18.0. The summed E-state index contributed by atoms with van der Waals surface area (Å²) in [7, 11) is 0. The number of amides is 1. The molecule has 7 heteroatoms. The highest BCUT2D eigenvalue weighted by atomic mass is 19.1. The number of imidazole rings is 1. The highest BCUT2D eigenvalue weighted by Crippen LogP contribution is 2.31. The lowest BCUT2D eigenvalue weighted by molar-refractivity contribution is -0.136. The molecule has 1 saturated heterocycles. The standard InChI is InChI=1S/C18H20FN5O/c1-12-7-8-20-24(12)11-17(25)23-9-3-2-4-16(23)18-21-14-6-5-13(19)10-15(14)22-18/h5-8,10,16H,2-4,9,11H2,1H3,(H,21,22)/t16-/m1/s1. The number of H-pyrrole nitrogens is 1. The molecule has 0 unspecified atom stereocenters. The number of nitrogens with zero attached hydrogens (tertiary/aromatic N) is 4. The summed E-state index contributed by atoms with van der Waals surface area (Å²) in [5, 5.41) is 4.20. The number of benzene rings is 1. The number of aromatic amines is 1. The van der Waals surface area contributed by atoms with Gasteiger partial charge in [-0.3, -0.25) is 9.48 Å². The van der Waals surface area contributed by atoms with Crippen LogP contribution in [0, 0.1) is 12.7 Å². The molecule has 4 rings (SSSR count). The fourth-order valence-corrected chi connectivity index (χ4v) is 3.46. The quantitative estimate of drug-likeness (QED) is 0.796. The van der Waals surface area contributed by atoms with Gasteiger partial charge in [0.1, 0.15) is 18.2 Å². The minimum atomic E-state index is -0.298. The lowest BCUT2D eigenvalue weighted by atomic mass is 10.0. The molecule has 0 spiro atoms. The summed E-state index contributed by atoms with van der Waals surface area (Å²) in [5.74, 6) is 0.461. The van der Waals surface area contributed by atoms with Crippen molar-refractivity contribution in [1.82, 2.24) is 24.6 Å². The number of aryl methyl sites for hydroxylation is 1. The fourth-order valence-electron chi connectivity index (χ4n) is 3.46. The zero-order valence-corrected chi connectivity index (χ0v) is 14.1. The number of hydrogen-bond acceptors (Lipinski definition) is 3. The van der Waals surface area contributed by atoms with Crippen LogP contribution in [0.1, 0.15) is 36.8 Å². The third kappa shape index (κ3) is 3.01. The third-order valence-electron chi connectivity index (χ3n) is 4.81. The SMILES string of the molecule is Cc1ccnn1CC(=O)N1CCCC[C@@H]1c1nc2ccc(F)cc2[nH]1. The number of aromatic nitrogens is 4. The maximum absolute atomic E-state index is 13.4. The minimum absolute atomic E-state index is 0.0307. The first-order valence-electron chi connectivity index (χ1n) is 8.55. The summed E-state index contributed by atoms with van der Waals surface area (Å²) in [6, 6.07) is 6.28. The molecule has 0 bridgehead atoms. The van der Waals surface area contributed by atoms with Crippen LogP contribution in [0.2, 0.25) is 0 Å². The van der Waals surface area contributed by atoms with E-state index in [1.807, 2.05) is 17.9 Å². The highest BCUT2D eigenvalue weighted by molar-refractivity contribution is 5.78. The van der Waals surface area contributed by atoms with Crippen molar-refractivity contribution < 1.29 is 9.18 Å². The maximum atomic E-state index is 13.4. The summed E-state index contributed by atoms with van der Waals surface area (Å²) in [6.45, 7) is 2.86. The van der Waals surface area contributed by atoms with E-state index in [4.69, 9.17) is 0 Å². The Morgan fingerprint density at radius 2 is 2.24 bits per heavy atom. The number of nitrogens with one attached hydrogen (secondary N) is 1. The second kappa shape index (κ2) is 6.31. The Morgan fingerprint density at radius 1 is 1.36 bits per heavy atom. The Labute approximate surface area is 144 Å². The molecule has 1 aliphatic rings. The molecule has 25 heavy (non-hydrogen) atoms. The van der Waals surface area contributed by atoms with E-state index in [0.29, 0.717) is 12.1 Å². The van der Waals surface area contributed by atoms with Gasteiger partial charge >= 0.3 is 0 Å². The van der Waals surface area contributed by atoms with Gasteiger partial charge in [-0.1, -0.05) is 0 Å². The molecule has 6 nitrogen and oxygen atoms in total. The third-order valence-corrected chi connectivity index (χ3v) is 4.81. The van der Waals surface area contributed by atoms with E-state index in [1.54, 1.807) is 16.9 Å². The van der Waals surface area contributed by atoms with E-state index in [9.17, 15) is 9.18 Å². The fraction of sp³-hybridized carbons (Fsp3) is 0.389. The molecule has 3 aromatic rings. The average Bonchev–Trinajstić information content (AvgIpc) is 3.20. The summed E-state index contributed by atoms with van der Waals surface area (Å²) in [4.78, 5) is 22.5. The van der Waals surface area contributed by atoms with Crippen LogP contribution in [0.25, 0.3) is 11.0 Å². The summed E-state index contributed by atoms with van der Waals surface area (Å²) < 4.78 is 15.1. The number of hydrogen-bond donors (Lipinski definition) is 1.